The van der Waals surface area contributed by atoms with Crippen LogP contribution >= 0.6 is 0 Å². The first-order valence-electron chi connectivity index (χ1n) is 7.98. The summed E-state index contributed by atoms with van der Waals surface area (Å²) in [4.78, 5) is 18.4. The number of oxazole rings is 1. The van der Waals surface area contributed by atoms with Gasteiger partial charge in [-0.15, -0.1) is 0 Å². The third-order valence-electron chi connectivity index (χ3n) is 4.28. The molecular weight excluding hydrogens is 292 g/mol. The Morgan fingerprint density at radius 1 is 1.39 bits per heavy atom. The van der Waals surface area contributed by atoms with E-state index in [1.807, 2.05) is 37.3 Å². The lowest BCUT2D eigenvalue weighted by atomic mass is 10.2. The zero-order chi connectivity index (χ0) is 16.4. The second-order valence-corrected chi connectivity index (χ2v) is 6.24. The molecule has 1 aliphatic rings. The SMILES string of the molecule is Cc1oc(-c2ccccc2)nc1CC(=O)N(C)CC(O)C1CC1. The van der Waals surface area contributed by atoms with Crippen LogP contribution in [-0.4, -0.2) is 40.6 Å². The Kier molecular flexibility index (Phi) is 4.48. The topological polar surface area (TPSA) is 66.6 Å². The first-order chi connectivity index (χ1) is 11.0. The van der Waals surface area contributed by atoms with Gasteiger partial charge in [0.05, 0.1) is 18.2 Å². The van der Waals surface area contributed by atoms with Crippen molar-refractivity contribution < 1.29 is 14.3 Å². The fraction of sp³-hybridized carbons (Fsp3) is 0.444. The Labute approximate surface area is 135 Å². The highest BCUT2D eigenvalue weighted by atomic mass is 16.4. The first-order valence-corrected chi connectivity index (χ1v) is 7.98. The predicted molar refractivity (Wildman–Crippen MR) is 86.7 cm³/mol. The Balaban J connectivity index is 1.65. The average Bonchev–Trinajstić information content (AvgIpc) is 3.33. The van der Waals surface area contributed by atoms with Crippen molar-refractivity contribution in [2.24, 2.45) is 5.92 Å². The van der Waals surface area contributed by atoms with Crippen molar-refractivity contribution in [1.29, 1.82) is 0 Å². The third kappa shape index (κ3) is 3.79. The van der Waals surface area contributed by atoms with Crippen LogP contribution in [0.1, 0.15) is 24.3 Å². The molecule has 0 aliphatic heterocycles. The van der Waals surface area contributed by atoms with E-state index in [2.05, 4.69) is 4.98 Å². The number of amides is 1. The fourth-order valence-corrected chi connectivity index (χ4v) is 2.59. The quantitative estimate of drug-likeness (QED) is 0.889. The molecule has 1 aromatic carbocycles. The van der Waals surface area contributed by atoms with Gasteiger partial charge in [-0.3, -0.25) is 4.79 Å². The van der Waals surface area contributed by atoms with Gasteiger partial charge >= 0.3 is 0 Å². The lowest BCUT2D eigenvalue weighted by Crippen LogP contribution is -2.36. The van der Waals surface area contributed by atoms with Crippen molar-refractivity contribution in [1.82, 2.24) is 9.88 Å². The normalized spacial score (nSPS) is 15.4. The lowest BCUT2D eigenvalue weighted by molar-refractivity contribution is -0.130. The number of likely N-dealkylation sites (N-methyl/N-ethyl adjacent to an activating group) is 1. The predicted octanol–water partition coefficient (Wildman–Crippen LogP) is 2.42. The maximum atomic E-state index is 12.3. The zero-order valence-electron chi connectivity index (χ0n) is 13.5. The van der Waals surface area contributed by atoms with E-state index in [1.165, 1.54) is 0 Å². The van der Waals surface area contributed by atoms with E-state index in [-0.39, 0.29) is 12.3 Å². The van der Waals surface area contributed by atoms with Crippen molar-refractivity contribution in [2.75, 3.05) is 13.6 Å². The van der Waals surface area contributed by atoms with Gasteiger partial charge in [-0.25, -0.2) is 4.98 Å². The van der Waals surface area contributed by atoms with Gasteiger partial charge in [0.2, 0.25) is 11.8 Å². The molecule has 0 radical (unpaired) electrons. The molecule has 1 amide bonds. The van der Waals surface area contributed by atoms with Gasteiger partial charge in [0.25, 0.3) is 0 Å². The van der Waals surface area contributed by atoms with Crippen LogP contribution in [0.5, 0.6) is 0 Å². The van der Waals surface area contributed by atoms with E-state index in [1.54, 1.807) is 11.9 Å². The number of carbonyl (C=O) groups is 1. The molecule has 3 rings (SSSR count). The Morgan fingerprint density at radius 3 is 2.74 bits per heavy atom. The van der Waals surface area contributed by atoms with E-state index < -0.39 is 6.10 Å². The van der Waals surface area contributed by atoms with E-state index >= 15 is 0 Å². The third-order valence-corrected chi connectivity index (χ3v) is 4.28. The molecule has 1 aromatic heterocycles. The van der Waals surface area contributed by atoms with Crippen molar-refractivity contribution >= 4 is 5.91 Å². The minimum atomic E-state index is -0.415. The molecule has 1 saturated carbocycles. The van der Waals surface area contributed by atoms with E-state index in [9.17, 15) is 9.90 Å². The number of rotatable bonds is 6. The molecule has 5 heteroatoms. The minimum absolute atomic E-state index is 0.0549. The highest BCUT2D eigenvalue weighted by Gasteiger charge is 2.31. The number of hydrogen-bond acceptors (Lipinski definition) is 4. The summed E-state index contributed by atoms with van der Waals surface area (Å²) in [7, 11) is 1.72. The van der Waals surface area contributed by atoms with Crippen LogP contribution in [0.2, 0.25) is 0 Å². The summed E-state index contributed by atoms with van der Waals surface area (Å²) in [5, 5.41) is 9.95. The second kappa shape index (κ2) is 6.54. The molecule has 1 fully saturated rings. The standard InChI is InChI=1S/C18H22N2O3/c1-12-15(19-18(23-12)14-6-4-3-5-7-14)10-17(22)20(2)11-16(21)13-8-9-13/h3-7,13,16,21H,8-11H2,1-2H3. The van der Waals surface area contributed by atoms with Crippen LogP contribution in [0, 0.1) is 12.8 Å². The van der Waals surface area contributed by atoms with Gasteiger partial charge in [-0.1, -0.05) is 18.2 Å². The Morgan fingerprint density at radius 2 is 2.09 bits per heavy atom. The smallest absolute Gasteiger partial charge is 0.228 e. The summed E-state index contributed by atoms with van der Waals surface area (Å²) in [6, 6.07) is 9.63. The van der Waals surface area contributed by atoms with Crippen LogP contribution < -0.4 is 0 Å². The molecule has 122 valence electrons. The van der Waals surface area contributed by atoms with E-state index in [4.69, 9.17) is 4.42 Å². The van der Waals surface area contributed by atoms with Gasteiger partial charge in [0.1, 0.15) is 5.76 Å². The molecule has 5 nitrogen and oxygen atoms in total. The number of carbonyl (C=O) groups excluding carboxylic acids is 1. The fourth-order valence-electron chi connectivity index (χ4n) is 2.59. The van der Waals surface area contributed by atoms with Crippen molar-refractivity contribution in [2.45, 2.75) is 32.3 Å². The number of aryl methyl sites for hydroxylation is 1. The summed E-state index contributed by atoms with van der Waals surface area (Å²) in [5.74, 6) is 1.50. The van der Waals surface area contributed by atoms with E-state index in [0.29, 0.717) is 29.8 Å². The number of aliphatic hydroxyl groups is 1. The molecule has 1 heterocycles. The van der Waals surface area contributed by atoms with Crippen LogP contribution in [0.25, 0.3) is 11.5 Å². The van der Waals surface area contributed by atoms with Crippen LogP contribution in [0.3, 0.4) is 0 Å². The minimum Gasteiger partial charge on any atom is -0.441 e. The second-order valence-electron chi connectivity index (χ2n) is 6.24. The molecule has 0 saturated heterocycles. The highest BCUT2D eigenvalue weighted by Crippen LogP contribution is 2.32. The number of aliphatic hydroxyl groups excluding tert-OH is 1. The molecular formula is C18H22N2O3. The summed E-state index contributed by atoms with van der Waals surface area (Å²) >= 11 is 0. The monoisotopic (exact) mass is 314 g/mol. The Bertz CT molecular complexity index is 677. The molecule has 2 aromatic rings. The van der Waals surface area contributed by atoms with Crippen molar-refractivity contribution in [3.05, 3.63) is 41.8 Å². The number of aromatic nitrogens is 1. The number of benzene rings is 1. The van der Waals surface area contributed by atoms with Gasteiger partial charge in [-0.05, 0) is 37.8 Å². The van der Waals surface area contributed by atoms with Crippen LogP contribution in [0.15, 0.2) is 34.7 Å². The largest absolute Gasteiger partial charge is 0.441 e. The zero-order valence-corrected chi connectivity index (χ0v) is 13.5. The van der Waals surface area contributed by atoms with Gasteiger partial charge in [-0.2, -0.15) is 0 Å². The van der Waals surface area contributed by atoms with Gasteiger partial charge in [0, 0.05) is 19.2 Å². The summed E-state index contributed by atoms with van der Waals surface area (Å²) in [6.07, 6.45) is 1.90. The lowest BCUT2D eigenvalue weighted by Gasteiger charge is -2.20. The van der Waals surface area contributed by atoms with Gasteiger partial charge < -0.3 is 14.4 Å². The summed E-state index contributed by atoms with van der Waals surface area (Å²) in [5.41, 5.74) is 1.55. The first kappa shape index (κ1) is 15.7. The average molecular weight is 314 g/mol. The van der Waals surface area contributed by atoms with Crippen LogP contribution in [-0.2, 0) is 11.2 Å². The molecule has 1 unspecified atom stereocenters. The molecule has 1 N–H and O–H groups in total. The maximum Gasteiger partial charge on any atom is 0.228 e. The van der Waals surface area contributed by atoms with Crippen LogP contribution in [0.4, 0.5) is 0 Å². The molecule has 0 spiro atoms. The molecule has 0 bridgehead atoms. The number of hydrogen-bond donors (Lipinski definition) is 1. The van der Waals surface area contributed by atoms with Crippen molar-refractivity contribution in [3.63, 3.8) is 0 Å². The van der Waals surface area contributed by atoms with Gasteiger partial charge in [0.15, 0.2) is 0 Å². The molecule has 1 atom stereocenters. The van der Waals surface area contributed by atoms with E-state index in [0.717, 1.165) is 18.4 Å². The molecule has 23 heavy (non-hydrogen) atoms. The number of nitrogens with zero attached hydrogens (tertiary/aromatic N) is 2. The summed E-state index contributed by atoms with van der Waals surface area (Å²) < 4.78 is 5.68. The maximum absolute atomic E-state index is 12.3. The van der Waals surface area contributed by atoms with Crippen molar-refractivity contribution in [3.8, 4) is 11.5 Å². The highest BCUT2D eigenvalue weighted by molar-refractivity contribution is 5.78. The summed E-state index contributed by atoms with van der Waals surface area (Å²) in [6.45, 7) is 2.20. The Hall–Kier alpha value is -2.14. The molecule has 1 aliphatic carbocycles.